The molecule has 1 atom stereocenters. The summed E-state index contributed by atoms with van der Waals surface area (Å²) in [6, 6.07) is 8.79. The monoisotopic (exact) mass is 257 g/mol. The van der Waals surface area contributed by atoms with Gasteiger partial charge in [0, 0.05) is 24.5 Å². The van der Waals surface area contributed by atoms with E-state index in [-0.39, 0.29) is 11.9 Å². The van der Waals surface area contributed by atoms with Crippen LogP contribution in [0.4, 0.5) is 15.9 Å². The molecule has 3 nitrogen and oxygen atoms in total. The van der Waals surface area contributed by atoms with E-state index in [9.17, 15) is 4.39 Å². The number of nitrogens with two attached hydrogens (primary N) is 1. The van der Waals surface area contributed by atoms with Gasteiger partial charge >= 0.3 is 0 Å². The van der Waals surface area contributed by atoms with Crippen LogP contribution in [0.3, 0.4) is 0 Å². The predicted octanol–water partition coefficient (Wildman–Crippen LogP) is 2.93. The van der Waals surface area contributed by atoms with Gasteiger partial charge in [0.1, 0.15) is 11.6 Å². The molecule has 2 aromatic rings. The number of halogens is 1. The molecule has 1 aliphatic heterocycles. The first-order valence-corrected chi connectivity index (χ1v) is 6.42. The molecule has 0 amide bonds. The third-order valence-corrected chi connectivity index (χ3v) is 3.51. The molecule has 1 aromatic heterocycles. The summed E-state index contributed by atoms with van der Waals surface area (Å²) in [5.74, 6) is 0.619. The Morgan fingerprint density at radius 2 is 2.16 bits per heavy atom. The molecule has 0 radical (unpaired) electrons. The van der Waals surface area contributed by atoms with Crippen LogP contribution in [0.25, 0.3) is 0 Å². The van der Waals surface area contributed by atoms with Crippen molar-refractivity contribution in [3.05, 3.63) is 53.5 Å². The SMILES string of the molecule is C[C@H](N)c1ccnc(N2CCc3ccc(F)cc32)c1. The summed E-state index contributed by atoms with van der Waals surface area (Å²) in [6.45, 7) is 2.77. The molecule has 3 rings (SSSR count). The Bertz CT molecular complexity index is 610. The number of anilines is 2. The van der Waals surface area contributed by atoms with Crippen molar-refractivity contribution in [1.82, 2.24) is 4.98 Å². The molecular formula is C15H16FN3. The molecular weight excluding hydrogens is 241 g/mol. The summed E-state index contributed by atoms with van der Waals surface area (Å²) in [7, 11) is 0. The van der Waals surface area contributed by atoms with Crippen LogP contribution in [0.1, 0.15) is 24.1 Å². The van der Waals surface area contributed by atoms with Crippen LogP contribution in [0, 0.1) is 5.82 Å². The number of pyridine rings is 1. The van der Waals surface area contributed by atoms with Crippen LogP contribution in [-0.4, -0.2) is 11.5 Å². The molecule has 0 bridgehead atoms. The summed E-state index contributed by atoms with van der Waals surface area (Å²) in [6.07, 6.45) is 2.67. The van der Waals surface area contributed by atoms with Gasteiger partial charge in [-0.1, -0.05) is 6.07 Å². The molecule has 98 valence electrons. The number of hydrogen-bond donors (Lipinski definition) is 1. The molecule has 1 aliphatic rings. The molecule has 4 heteroatoms. The van der Waals surface area contributed by atoms with E-state index in [0.717, 1.165) is 35.6 Å². The van der Waals surface area contributed by atoms with Gasteiger partial charge in [0.15, 0.2) is 0 Å². The van der Waals surface area contributed by atoms with Crippen LogP contribution < -0.4 is 10.6 Å². The van der Waals surface area contributed by atoms with E-state index in [1.165, 1.54) is 6.07 Å². The van der Waals surface area contributed by atoms with Crippen molar-refractivity contribution in [2.45, 2.75) is 19.4 Å². The molecule has 2 heterocycles. The lowest BCUT2D eigenvalue weighted by atomic mass is 10.1. The van der Waals surface area contributed by atoms with E-state index in [2.05, 4.69) is 4.98 Å². The minimum absolute atomic E-state index is 0.0312. The summed E-state index contributed by atoms with van der Waals surface area (Å²) in [5, 5.41) is 0. The molecule has 0 saturated carbocycles. The Labute approximate surface area is 111 Å². The fraction of sp³-hybridized carbons (Fsp3) is 0.267. The second kappa shape index (κ2) is 4.63. The van der Waals surface area contributed by atoms with Crippen LogP contribution in [0.5, 0.6) is 0 Å². The highest BCUT2D eigenvalue weighted by Gasteiger charge is 2.22. The smallest absolute Gasteiger partial charge is 0.133 e. The Morgan fingerprint density at radius 1 is 1.32 bits per heavy atom. The second-order valence-corrected chi connectivity index (χ2v) is 4.91. The minimum atomic E-state index is -0.214. The normalized spacial score (nSPS) is 15.4. The Morgan fingerprint density at radius 3 is 2.95 bits per heavy atom. The lowest BCUT2D eigenvalue weighted by Gasteiger charge is -2.19. The van der Waals surface area contributed by atoms with Gasteiger partial charge in [-0.25, -0.2) is 9.37 Å². The van der Waals surface area contributed by atoms with E-state index in [1.807, 2.05) is 30.0 Å². The summed E-state index contributed by atoms with van der Waals surface area (Å²) >= 11 is 0. The van der Waals surface area contributed by atoms with E-state index in [1.54, 1.807) is 12.3 Å². The first kappa shape index (κ1) is 12.1. The average molecular weight is 257 g/mol. The first-order valence-electron chi connectivity index (χ1n) is 6.42. The maximum atomic E-state index is 13.4. The summed E-state index contributed by atoms with van der Waals surface area (Å²) in [5.41, 5.74) is 9.00. The summed E-state index contributed by atoms with van der Waals surface area (Å²) < 4.78 is 13.4. The van der Waals surface area contributed by atoms with Crippen LogP contribution in [0.15, 0.2) is 36.5 Å². The Hall–Kier alpha value is -1.94. The molecule has 0 spiro atoms. The highest BCUT2D eigenvalue weighted by molar-refractivity contribution is 5.67. The first-order chi connectivity index (χ1) is 9.15. The zero-order valence-electron chi connectivity index (χ0n) is 10.8. The zero-order valence-corrected chi connectivity index (χ0v) is 10.8. The highest BCUT2D eigenvalue weighted by atomic mass is 19.1. The van der Waals surface area contributed by atoms with Crippen molar-refractivity contribution in [3.8, 4) is 0 Å². The van der Waals surface area contributed by atoms with Gasteiger partial charge in [-0.2, -0.15) is 0 Å². The topological polar surface area (TPSA) is 42.1 Å². The predicted molar refractivity (Wildman–Crippen MR) is 73.9 cm³/mol. The number of benzene rings is 1. The average Bonchev–Trinajstić information content (AvgIpc) is 2.81. The van der Waals surface area contributed by atoms with E-state index >= 15 is 0 Å². The molecule has 19 heavy (non-hydrogen) atoms. The number of aromatic nitrogens is 1. The van der Waals surface area contributed by atoms with Crippen molar-refractivity contribution in [2.75, 3.05) is 11.4 Å². The molecule has 0 aliphatic carbocycles. The van der Waals surface area contributed by atoms with E-state index in [0.29, 0.717) is 0 Å². The van der Waals surface area contributed by atoms with Crippen LogP contribution in [0.2, 0.25) is 0 Å². The molecule has 0 saturated heterocycles. The van der Waals surface area contributed by atoms with Crippen molar-refractivity contribution >= 4 is 11.5 Å². The standard InChI is InChI=1S/C15H16FN3/c1-10(17)12-4-6-18-15(8-12)19-7-5-11-2-3-13(16)9-14(11)19/h2-4,6,8-10H,5,7,17H2,1H3/t10-/m0/s1. The van der Waals surface area contributed by atoms with Gasteiger partial charge in [0.25, 0.3) is 0 Å². The van der Waals surface area contributed by atoms with E-state index < -0.39 is 0 Å². The molecule has 1 aromatic carbocycles. The molecule has 0 unspecified atom stereocenters. The summed E-state index contributed by atoms with van der Waals surface area (Å²) in [4.78, 5) is 6.43. The zero-order chi connectivity index (χ0) is 13.4. The Balaban J connectivity index is 2.01. The number of hydrogen-bond acceptors (Lipinski definition) is 3. The quantitative estimate of drug-likeness (QED) is 0.899. The van der Waals surface area contributed by atoms with Crippen LogP contribution >= 0.6 is 0 Å². The fourth-order valence-corrected chi connectivity index (χ4v) is 2.46. The maximum Gasteiger partial charge on any atom is 0.133 e. The van der Waals surface area contributed by atoms with Crippen molar-refractivity contribution < 1.29 is 4.39 Å². The van der Waals surface area contributed by atoms with E-state index in [4.69, 9.17) is 5.73 Å². The van der Waals surface area contributed by atoms with Gasteiger partial charge in [-0.3, -0.25) is 0 Å². The number of nitrogens with zero attached hydrogens (tertiary/aromatic N) is 2. The molecule has 0 fully saturated rings. The van der Waals surface area contributed by atoms with Crippen molar-refractivity contribution in [3.63, 3.8) is 0 Å². The second-order valence-electron chi connectivity index (χ2n) is 4.91. The fourth-order valence-electron chi connectivity index (χ4n) is 2.46. The van der Waals surface area contributed by atoms with Gasteiger partial charge < -0.3 is 10.6 Å². The number of rotatable bonds is 2. The van der Waals surface area contributed by atoms with Crippen molar-refractivity contribution in [1.29, 1.82) is 0 Å². The van der Waals surface area contributed by atoms with Gasteiger partial charge in [0.05, 0.1) is 0 Å². The highest BCUT2D eigenvalue weighted by Crippen LogP contribution is 2.34. The Kier molecular flexibility index (Phi) is 2.95. The lowest BCUT2D eigenvalue weighted by Crippen LogP contribution is -2.16. The third kappa shape index (κ3) is 2.19. The number of fused-ring (bicyclic) bond motifs is 1. The maximum absolute atomic E-state index is 13.4. The lowest BCUT2D eigenvalue weighted by molar-refractivity contribution is 0.628. The van der Waals surface area contributed by atoms with Gasteiger partial charge in [-0.15, -0.1) is 0 Å². The largest absolute Gasteiger partial charge is 0.326 e. The van der Waals surface area contributed by atoms with Crippen molar-refractivity contribution in [2.24, 2.45) is 5.73 Å². The minimum Gasteiger partial charge on any atom is -0.326 e. The van der Waals surface area contributed by atoms with Crippen LogP contribution in [-0.2, 0) is 6.42 Å². The third-order valence-electron chi connectivity index (χ3n) is 3.51. The molecule has 2 N–H and O–H groups in total. The van der Waals surface area contributed by atoms with Gasteiger partial charge in [-0.05, 0) is 48.7 Å². The van der Waals surface area contributed by atoms with Gasteiger partial charge in [0.2, 0.25) is 0 Å².